The lowest BCUT2D eigenvalue weighted by atomic mass is 10.1. The Morgan fingerprint density at radius 1 is 1.16 bits per heavy atom. The number of carbonyl (C=O) groups excluding carboxylic acids is 1. The second kappa shape index (κ2) is 5.51. The Bertz CT molecular complexity index is 602. The van der Waals surface area contributed by atoms with Gasteiger partial charge in [-0.2, -0.15) is 0 Å². The molecule has 0 bridgehead atoms. The van der Waals surface area contributed by atoms with Gasteiger partial charge in [0.2, 0.25) is 0 Å². The lowest BCUT2D eigenvalue weighted by Gasteiger charge is -2.06. The van der Waals surface area contributed by atoms with E-state index < -0.39 is 28.9 Å². The van der Waals surface area contributed by atoms with Crippen molar-refractivity contribution in [2.24, 2.45) is 0 Å². The first-order valence-electron chi connectivity index (χ1n) is 5.40. The summed E-state index contributed by atoms with van der Waals surface area (Å²) in [4.78, 5) is 15.5. The van der Waals surface area contributed by atoms with E-state index in [4.69, 9.17) is 0 Å². The molecular weight excluding hydrogens is 257 g/mol. The molecule has 0 fully saturated rings. The summed E-state index contributed by atoms with van der Waals surface area (Å²) in [5.41, 5.74) is 0.168. The minimum Gasteiger partial charge on any atom is -0.348 e. The van der Waals surface area contributed by atoms with Gasteiger partial charge in [-0.25, -0.2) is 13.2 Å². The Morgan fingerprint density at radius 2 is 1.95 bits per heavy atom. The predicted molar refractivity (Wildman–Crippen MR) is 61.7 cm³/mol. The Kier molecular flexibility index (Phi) is 3.79. The van der Waals surface area contributed by atoms with Gasteiger partial charge in [0.05, 0.1) is 5.56 Å². The van der Waals surface area contributed by atoms with Crippen LogP contribution < -0.4 is 5.32 Å². The average Bonchev–Trinajstić information content (AvgIpc) is 2.43. The lowest BCUT2D eigenvalue weighted by molar-refractivity contribution is 0.0945. The molecule has 0 saturated carbocycles. The molecule has 0 unspecified atom stereocenters. The van der Waals surface area contributed by atoms with Crippen LogP contribution in [0.15, 0.2) is 36.7 Å². The molecule has 0 aliphatic rings. The van der Waals surface area contributed by atoms with Crippen molar-refractivity contribution in [1.29, 1.82) is 0 Å². The van der Waals surface area contributed by atoms with Gasteiger partial charge < -0.3 is 5.32 Å². The SMILES string of the molecule is O=C(NCc1cccnc1)c1ccc(F)c(F)c1F. The normalized spacial score (nSPS) is 10.3. The fourth-order valence-corrected chi connectivity index (χ4v) is 1.48. The molecule has 0 atom stereocenters. The van der Waals surface area contributed by atoms with E-state index in [2.05, 4.69) is 10.3 Å². The first-order chi connectivity index (χ1) is 9.09. The molecule has 19 heavy (non-hydrogen) atoms. The summed E-state index contributed by atoms with van der Waals surface area (Å²) >= 11 is 0. The van der Waals surface area contributed by atoms with Crippen LogP contribution >= 0.6 is 0 Å². The summed E-state index contributed by atoms with van der Waals surface area (Å²) in [6.07, 6.45) is 3.10. The fourth-order valence-electron chi connectivity index (χ4n) is 1.48. The number of pyridine rings is 1. The third-order valence-corrected chi connectivity index (χ3v) is 2.46. The summed E-state index contributed by atoms with van der Waals surface area (Å²) in [5.74, 6) is -5.31. The number of aromatic nitrogens is 1. The molecule has 1 heterocycles. The number of nitrogens with zero attached hydrogens (tertiary/aromatic N) is 1. The smallest absolute Gasteiger partial charge is 0.254 e. The number of rotatable bonds is 3. The third-order valence-electron chi connectivity index (χ3n) is 2.46. The van der Waals surface area contributed by atoms with Crippen molar-refractivity contribution in [3.8, 4) is 0 Å². The van der Waals surface area contributed by atoms with Gasteiger partial charge in [0, 0.05) is 18.9 Å². The summed E-state index contributed by atoms with van der Waals surface area (Å²) < 4.78 is 39.0. The second-order valence-electron chi connectivity index (χ2n) is 3.77. The Labute approximate surface area is 107 Å². The van der Waals surface area contributed by atoms with Crippen LogP contribution in [0.5, 0.6) is 0 Å². The zero-order valence-electron chi connectivity index (χ0n) is 9.66. The van der Waals surface area contributed by atoms with Crippen molar-refractivity contribution >= 4 is 5.91 Å². The molecule has 1 N–H and O–H groups in total. The van der Waals surface area contributed by atoms with Crippen LogP contribution in [-0.4, -0.2) is 10.9 Å². The minimum atomic E-state index is -1.66. The topological polar surface area (TPSA) is 42.0 Å². The molecule has 0 aliphatic carbocycles. The number of benzene rings is 1. The van der Waals surface area contributed by atoms with Gasteiger partial charge in [-0.05, 0) is 23.8 Å². The van der Waals surface area contributed by atoms with E-state index in [0.29, 0.717) is 11.6 Å². The van der Waals surface area contributed by atoms with Crippen molar-refractivity contribution in [3.63, 3.8) is 0 Å². The standard InChI is InChI=1S/C13H9F3N2O/c14-10-4-3-9(11(15)12(10)16)13(19)18-7-8-2-1-5-17-6-8/h1-6H,7H2,(H,18,19). The highest BCUT2D eigenvalue weighted by Gasteiger charge is 2.18. The second-order valence-corrected chi connectivity index (χ2v) is 3.77. The highest BCUT2D eigenvalue weighted by Crippen LogP contribution is 2.15. The van der Waals surface area contributed by atoms with Gasteiger partial charge in [-0.15, -0.1) is 0 Å². The molecule has 0 saturated heterocycles. The monoisotopic (exact) mass is 266 g/mol. The van der Waals surface area contributed by atoms with Crippen LogP contribution in [0.3, 0.4) is 0 Å². The van der Waals surface area contributed by atoms with Crippen molar-refractivity contribution in [3.05, 3.63) is 65.2 Å². The quantitative estimate of drug-likeness (QED) is 0.867. The maximum atomic E-state index is 13.4. The highest BCUT2D eigenvalue weighted by molar-refractivity contribution is 5.94. The van der Waals surface area contributed by atoms with Crippen molar-refractivity contribution in [2.45, 2.75) is 6.54 Å². The van der Waals surface area contributed by atoms with Crippen molar-refractivity contribution in [2.75, 3.05) is 0 Å². The van der Waals surface area contributed by atoms with Crippen LogP contribution in [0.2, 0.25) is 0 Å². The molecule has 98 valence electrons. The van der Waals surface area contributed by atoms with Crippen molar-refractivity contribution in [1.82, 2.24) is 10.3 Å². The van der Waals surface area contributed by atoms with E-state index >= 15 is 0 Å². The number of amides is 1. The summed E-state index contributed by atoms with van der Waals surface area (Å²) in [6.45, 7) is 0.116. The average molecular weight is 266 g/mol. The summed E-state index contributed by atoms with van der Waals surface area (Å²) in [6, 6.07) is 5.00. The molecular formula is C13H9F3N2O. The van der Waals surface area contributed by atoms with E-state index in [-0.39, 0.29) is 6.54 Å². The number of carbonyl (C=O) groups is 1. The van der Waals surface area contributed by atoms with Gasteiger partial charge in [-0.1, -0.05) is 6.07 Å². The number of nitrogens with one attached hydrogen (secondary N) is 1. The molecule has 0 spiro atoms. The third kappa shape index (κ3) is 2.90. The van der Waals surface area contributed by atoms with Gasteiger partial charge in [0.25, 0.3) is 5.91 Å². The van der Waals surface area contributed by atoms with Gasteiger partial charge in [-0.3, -0.25) is 9.78 Å². The van der Waals surface area contributed by atoms with Gasteiger partial charge >= 0.3 is 0 Å². The fraction of sp³-hybridized carbons (Fsp3) is 0.0769. The van der Waals surface area contributed by atoms with Crippen LogP contribution in [-0.2, 0) is 6.54 Å². The molecule has 2 rings (SSSR count). The molecule has 1 aromatic carbocycles. The molecule has 2 aromatic rings. The van der Waals surface area contributed by atoms with Gasteiger partial charge in [0.1, 0.15) is 0 Å². The predicted octanol–water partition coefficient (Wildman–Crippen LogP) is 2.43. The Hall–Kier alpha value is -2.37. The van der Waals surface area contributed by atoms with E-state index in [9.17, 15) is 18.0 Å². The molecule has 6 heteroatoms. The van der Waals surface area contributed by atoms with Gasteiger partial charge in [0.15, 0.2) is 17.5 Å². The first-order valence-corrected chi connectivity index (χ1v) is 5.40. The van der Waals surface area contributed by atoms with E-state index in [0.717, 1.165) is 6.07 Å². The van der Waals surface area contributed by atoms with E-state index in [1.54, 1.807) is 18.3 Å². The maximum absolute atomic E-state index is 13.4. The van der Waals surface area contributed by atoms with Crippen molar-refractivity contribution < 1.29 is 18.0 Å². The Morgan fingerprint density at radius 3 is 2.63 bits per heavy atom. The number of hydrogen-bond donors (Lipinski definition) is 1. The van der Waals surface area contributed by atoms with Crippen LogP contribution in [0.25, 0.3) is 0 Å². The molecule has 1 aromatic heterocycles. The lowest BCUT2D eigenvalue weighted by Crippen LogP contribution is -2.24. The molecule has 1 amide bonds. The van der Waals surface area contributed by atoms with E-state index in [1.165, 1.54) is 6.20 Å². The zero-order chi connectivity index (χ0) is 13.8. The molecule has 0 aliphatic heterocycles. The van der Waals surface area contributed by atoms with Crippen LogP contribution in [0.4, 0.5) is 13.2 Å². The minimum absolute atomic E-state index is 0.116. The Balaban J connectivity index is 2.11. The number of hydrogen-bond acceptors (Lipinski definition) is 2. The van der Waals surface area contributed by atoms with Crippen LogP contribution in [0, 0.1) is 17.5 Å². The first kappa shape index (κ1) is 13.1. The molecule has 3 nitrogen and oxygen atoms in total. The number of halogens is 3. The zero-order valence-corrected chi connectivity index (χ0v) is 9.66. The summed E-state index contributed by atoms with van der Waals surface area (Å²) in [7, 11) is 0. The molecule has 0 radical (unpaired) electrons. The largest absolute Gasteiger partial charge is 0.348 e. The van der Waals surface area contributed by atoms with Crippen LogP contribution in [0.1, 0.15) is 15.9 Å². The summed E-state index contributed by atoms with van der Waals surface area (Å²) in [5, 5.41) is 2.39. The highest BCUT2D eigenvalue weighted by atomic mass is 19.2. The van der Waals surface area contributed by atoms with E-state index in [1.807, 2.05) is 0 Å². The maximum Gasteiger partial charge on any atom is 0.254 e.